The number of hydrogen-bond donors (Lipinski definition) is 1. The molecular weight excluding hydrogens is 495 g/mol. The number of amides is 1. The van der Waals surface area contributed by atoms with Crippen LogP contribution < -0.4 is 15.0 Å². The van der Waals surface area contributed by atoms with Crippen LogP contribution in [0.2, 0.25) is 5.02 Å². The van der Waals surface area contributed by atoms with Gasteiger partial charge in [0.1, 0.15) is 17.1 Å². The minimum Gasteiger partial charge on any atom is -0.477 e. The predicted octanol–water partition coefficient (Wildman–Crippen LogP) is 4.89. The summed E-state index contributed by atoms with van der Waals surface area (Å²) >= 11 is 5.90. The summed E-state index contributed by atoms with van der Waals surface area (Å²) in [5.41, 5.74) is 0.985. The Morgan fingerprint density at radius 3 is 2.64 bits per heavy atom. The molecule has 1 spiro atoms. The Hall–Kier alpha value is -3.40. The first-order valence-corrected chi connectivity index (χ1v) is 12.0. The maximum atomic E-state index is 13.7. The summed E-state index contributed by atoms with van der Waals surface area (Å²) in [4.78, 5) is 27.4. The fraction of sp³-hybridized carbons (Fsp3) is 0.360. The van der Waals surface area contributed by atoms with Gasteiger partial charge in [0.25, 0.3) is 5.91 Å². The van der Waals surface area contributed by atoms with E-state index < -0.39 is 17.2 Å². The zero-order valence-corrected chi connectivity index (χ0v) is 20.2. The lowest BCUT2D eigenvalue weighted by Gasteiger charge is -2.45. The summed E-state index contributed by atoms with van der Waals surface area (Å²) in [5.74, 6) is -0.0165. The van der Waals surface area contributed by atoms with Crippen molar-refractivity contribution in [1.82, 2.24) is 20.3 Å². The lowest BCUT2D eigenvalue weighted by molar-refractivity contribution is -0.137. The van der Waals surface area contributed by atoms with E-state index in [2.05, 4.69) is 20.3 Å². The average molecular weight is 518 g/mol. The maximum Gasteiger partial charge on any atom is 0.421 e. The lowest BCUT2D eigenvalue weighted by atomic mass is 9.70. The number of nitrogens with zero attached hydrogens (tertiary/aromatic N) is 4. The van der Waals surface area contributed by atoms with Crippen molar-refractivity contribution in [2.24, 2.45) is 0 Å². The summed E-state index contributed by atoms with van der Waals surface area (Å²) in [6.07, 6.45) is -0.670. The third-order valence-corrected chi connectivity index (χ3v) is 7.10. The van der Waals surface area contributed by atoms with Crippen molar-refractivity contribution >= 4 is 23.3 Å². The number of halogens is 4. The molecule has 0 radical (unpaired) electrons. The second kappa shape index (κ2) is 9.24. The van der Waals surface area contributed by atoms with Gasteiger partial charge < -0.3 is 15.0 Å². The van der Waals surface area contributed by atoms with E-state index in [-0.39, 0.29) is 16.7 Å². The van der Waals surface area contributed by atoms with Crippen LogP contribution >= 0.6 is 11.6 Å². The van der Waals surface area contributed by atoms with Crippen LogP contribution in [-0.2, 0) is 11.6 Å². The first-order valence-electron chi connectivity index (χ1n) is 11.6. The molecule has 2 aliphatic heterocycles. The van der Waals surface area contributed by atoms with Crippen LogP contribution in [0.15, 0.2) is 42.7 Å². The van der Waals surface area contributed by atoms with Gasteiger partial charge in [-0.2, -0.15) is 13.2 Å². The predicted molar refractivity (Wildman–Crippen MR) is 128 cm³/mol. The third-order valence-electron chi connectivity index (χ3n) is 6.78. The van der Waals surface area contributed by atoms with Gasteiger partial charge in [0.2, 0.25) is 5.88 Å². The number of fused-ring (bicyclic) bond motifs is 2. The number of carbonyl (C=O) groups is 1. The normalized spacial score (nSPS) is 17.0. The highest BCUT2D eigenvalue weighted by Gasteiger charge is 2.45. The van der Waals surface area contributed by atoms with Crippen LogP contribution in [0, 0.1) is 0 Å². The Morgan fingerprint density at radius 1 is 1.14 bits per heavy atom. The third kappa shape index (κ3) is 4.23. The number of anilines is 1. The van der Waals surface area contributed by atoms with E-state index in [1.165, 1.54) is 6.20 Å². The molecule has 5 heterocycles. The summed E-state index contributed by atoms with van der Waals surface area (Å²) < 4.78 is 46.7. The Balaban J connectivity index is 1.46. The number of nitrogens with one attached hydrogen (secondary N) is 1. The van der Waals surface area contributed by atoms with Crippen LogP contribution in [-0.4, -0.2) is 47.1 Å². The second-order valence-corrected chi connectivity index (χ2v) is 9.23. The number of alkyl halides is 3. The molecule has 3 aromatic heterocycles. The number of ether oxygens (including phenoxy) is 1. The summed E-state index contributed by atoms with van der Waals surface area (Å²) in [6.45, 7) is 3.33. The Labute approximate surface area is 210 Å². The molecule has 3 aromatic rings. The van der Waals surface area contributed by atoms with Gasteiger partial charge in [0, 0.05) is 37.4 Å². The second-order valence-electron chi connectivity index (χ2n) is 8.82. The molecule has 0 atom stereocenters. The minimum atomic E-state index is -4.62. The van der Waals surface area contributed by atoms with Crippen molar-refractivity contribution in [1.29, 1.82) is 0 Å². The molecule has 0 bridgehead atoms. The Bertz CT molecular complexity index is 1310. The molecule has 1 N–H and O–H groups in total. The van der Waals surface area contributed by atoms with Crippen LogP contribution in [0.25, 0.3) is 11.3 Å². The molecule has 1 saturated heterocycles. The molecule has 7 nitrogen and oxygen atoms in total. The van der Waals surface area contributed by atoms with Crippen LogP contribution in [0.1, 0.15) is 41.4 Å². The van der Waals surface area contributed by atoms with Gasteiger partial charge in [0.15, 0.2) is 0 Å². The van der Waals surface area contributed by atoms with E-state index in [0.717, 1.165) is 11.6 Å². The molecule has 188 valence electrons. The molecule has 5 rings (SSSR count). The van der Waals surface area contributed by atoms with Gasteiger partial charge in [-0.25, -0.2) is 15.0 Å². The number of aromatic nitrogens is 3. The fourth-order valence-corrected chi connectivity index (χ4v) is 5.25. The zero-order valence-electron chi connectivity index (χ0n) is 19.4. The first kappa shape index (κ1) is 24.3. The van der Waals surface area contributed by atoms with Gasteiger partial charge in [-0.3, -0.25) is 4.79 Å². The highest BCUT2D eigenvalue weighted by atomic mass is 35.5. The quantitative estimate of drug-likeness (QED) is 0.531. The van der Waals surface area contributed by atoms with Crippen LogP contribution in [0.3, 0.4) is 0 Å². The topological polar surface area (TPSA) is 80.2 Å². The van der Waals surface area contributed by atoms with Gasteiger partial charge in [0.05, 0.1) is 22.9 Å². The number of carbonyl (C=O) groups excluding carboxylic acids is 1. The van der Waals surface area contributed by atoms with Crippen molar-refractivity contribution in [3.05, 3.63) is 64.6 Å². The minimum absolute atomic E-state index is 0.168. The number of rotatable bonds is 4. The molecular formula is C25H23ClF3N5O2. The highest BCUT2D eigenvalue weighted by Crippen LogP contribution is 2.44. The SMILES string of the molecule is CCOc1ncccc1-c1ccc2c(n1)C(=O)NCC21CCN(c2nccc(Cl)c2C(F)(F)F)CC1. The van der Waals surface area contributed by atoms with Crippen molar-refractivity contribution < 1.29 is 22.7 Å². The van der Waals surface area contributed by atoms with Gasteiger partial charge in [-0.15, -0.1) is 0 Å². The van der Waals surface area contributed by atoms with Crippen LogP contribution in [0.4, 0.5) is 19.0 Å². The molecule has 0 saturated carbocycles. The Kier molecular flexibility index (Phi) is 6.23. The van der Waals surface area contributed by atoms with Gasteiger partial charge in [-0.05, 0) is 49.6 Å². The standard InChI is InChI=1S/C25H23ClF3N5O2/c1-2-36-23-15(4-3-10-31-23)18-6-5-16-20(33-18)22(35)32-14-24(16)8-12-34(13-9-24)21-19(25(27,28)29)17(26)7-11-30-21/h3-7,10-11H,2,8-9,12-14H2,1H3,(H,32,35). The molecule has 0 unspecified atom stereocenters. The van der Waals surface area contributed by atoms with Crippen LogP contribution in [0.5, 0.6) is 5.88 Å². The van der Waals surface area contributed by atoms with E-state index in [1.54, 1.807) is 17.2 Å². The highest BCUT2D eigenvalue weighted by molar-refractivity contribution is 6.31. The summed E-state index contributed by atoms with van der Waals surface area (Å²) in [5, 5.41) is 2.56. The zero-order chi connectivity index (χ0) is 25.5. The van der Waals surface area contributed by atoms with E-state index in [0.29, 0.717) is 61.9 Å². The van der Waals surface area contributed by atoms with E-state index in [9.17, 15) is 18.0 Å². The molecule has 0 aliphatic carbocycles. The van der Waals surface area contributed by atoms with Crippen molar-refractivity contribution in [3.63, 3.8) is 0 Å². The fourth-order valence-electron chi connectivity index (χ4n) is 5.00. The van der Waals surface area contributed by atoms with Gasteiger partial charge in [-0.1, -0.05) is 17.7 Å². The molecule has 0 aromatic carbocycles. The molecule has 1 fully saturated rings. The number of hydrogen-bond acceptors (Lipinski definition) is 6. The van der Waals surface area contributed by atoms with Crippen molar-refractivity contribution in [2.45, 2.75) is 31.4 Å². The van der Waals surface area contributed by atoms with Gasteiger partial charge >= 0.3 is 6.18 Å². The van der Waals surface area contributed by atoms with Crippen molar-refractivity contribution in [2.75, 3.05) is 31.1 Å². The van der Waals surface area contributed by atoms with E-state index in [4.69, 9.17) is 16.3 Å². The lowest BCUT2D eigenvalue weighted by Crippen LogP contribution is -2.53. The number of pyridine rings is 3. The smallest absolute Gasteiger partial charge is 0.421 e. The molecule has 2 aliphatic rings. The first-order chi connectivity index (χ1) is 17.2. The average Bonchev–Trinajstić information content (AvgIpc) is 2.86. The monoisotopic (exact) mass is 517 g/mol. The summed E-state index contributed by atoms with van der Waals surface area (Å²) in [7, 11) is 0. The largest absolute Gasteiger partial charge is 0.477 e. The van der Waals surface area contributed by atoms with E-state index in [1.807, 2.05) is 25.1 Å². The van der Waals surface area contributed by atoms with E-state index >= 15 is 0 Å². The van der Waals surface area contributed by atoms with Crippen molar-refractivity contribution in [3.8, 4) is 17.1 Å². The molecule has 11 heteroatoms. The summed E-state index contributed by atoms with van der Waals surface area (Å²) in [6, 6.07) is 8.49. The maximum absolute atomic E-state index is 13.7. The molecule has 1 amide bonds. The molecule has 36 heavy (non-hydrogen) atoms. The number of piperidine rings is 1. The Morgan fingerprint density at radius 2 is 1.92 bits per heavy atom.